The lowest BCUT2D eigenvalue weighted by Gasteiger charge is -2.12. The fourth-order valence-corrected chi connectivity index (χ4v) is 1.91. The van der Waals surface area contributed by atoms with Crippen LogP contribution in [-0.4, -0.2) is 6.61 Å². The third-order valence-electron chi connectivity index (χ3n) is 3.04. The van der Waals surface area contributed by atoms with Gasteiger partial charge in [-0.1, -0.05) is 37.6 Å². The van der Waals surface area contributed by atoms with Crippen molar-refractivity contribution in [3.05, 3.63) is 59.9 Å². The molecule has 0 atom stereocenters. The van der Waals surface area contributed by atoms with Gasteiger partial charge in [-0.2, -0.15) is 0 Å². The molecule has 2 aromatic carbocycles. The van der Waals surface area contributed by atoms with Gasteiger partial charge < -0.3 is 10.1 Å². The zero-order valence-electron chi connectivity index (χ0n) is 11.7. The average molecular weight is 273 g/mol. The van der Waals surface area contributed by atoms with E-state index in [-0.39, 0.29) is 5.82 Å². The molecule has 0 spiro atoms. The normalized spacial score (nSPS) is 10.3. The maximum absolute atomic E-state index is 13.1. The molecule has 106 valence electrons. The van der Waals surface area contributed by atoms with Crippen LogP contribution in [0.1, 0.15) is 25.3 Å². The first-order chi connectivity index (χ1) is 9.79. The fourth-order valence-electron chi connectivity index (χ4n) is 1.91. The van der Waals surface area contributed by atoms with Gasteiger partial charge in [0.05, 0.1) is 6.61 Å². The standard InChI is InChI=1S/C17H20FNO/c1-2-3-11-20-17-10-5-4-7-14(17)13-19-16-9-6-8-15(18)12-16/h4-10,12,19H,2-3,11,13H2,1H3. The molecule has 0 aliphatic heterocycles. The Hall–Kier alpha value is -2.03. The van der Waals surface area contributed by atoms with E-state index in [2.05, 4.69) is 12.2 Å². The number of rotatable bonds is 7. The summed E-state index contributed by atoms with van der Waals surface area (Å²) in [6.45, 7) is 3.49. The molecule has 0 saturated heterocycles. The summed E-state index contributed by atoms with van der Waals surface area (Å²) in [6, 6.07) is 14.4. The van der Waals surface area contributed by atoms with Gasteiger partial charge >= 0.3 is 0 Å². The third-order valence-corrected chi connectivity index (χ3v) is 3.04. The molecule has 0 saturated carbocycles. The largest absolute Gasteiger partial charge is 0.493 e. The Morgan fingerprint density at radius 1 is 1.10 bits per heavy atom. The first-order valence-corrected chi connectivity index (χ1v) is 6.99. The molecule has 0 radical (unpaired) electrons. The van der Waals surface area contributed by atoms with Crippen LogP contribution in [0.2, 0.25) is 0 Å². The highest BCUT2D eigenvalue weighted by molar-refractivity contribution is 5.45. The second-order valence-corrected chi connectivity index (χ2v) is 4.67. The van der Waals surface area contributed by atoms with E-state index in [1.165, 1.54) is 12.1 Å². The number of benzene rings is 2. The minimum Gasteiger partial charge on any atom is -0.493 e. The van der Waals surface area contributed by atoms with Crippen molar-refractivity contribution in [2.45, 2.75) is 26.3 Å². The Labute approximate surface area is 119 Å². The summed E-state index contributed by atoms with van der Waals surface area (Å²) in [5.74, 6) is 0.660. The van der Waals surface area contributed by atoms with Gasteiger partial charge in [-0.15, -0.1) is 0 Å². The highest BCUT2D eigenvalue weighted by Gasteiger charge is 2.03. The minimum atomic E-state index is -0.234. The average Bonchev–Trinajstić information content (AvgIpc) is 2.47. The number of ether oxygens (including phenoxy) is 1. The van der Waals surface area contributed by atoms with Crippen LogP contribution in [0, 0.1) is 5.82 Å². The Bertz CT molecular complexity index is 542. The molecule has 1 N–H and O–H groups in total. The van der Waals surface area contributed by atoms with Gasteiger partial charge in [0.1, 0.15) is 11.6 Å². The Kier molecular flexibility index (Phi) is 5.42. The highest BCUT2D eigenvalue weighted by atomic mass is 19.1. The molecule has 0 aromatic heterocycles. The molecular weight excluding hydrogens is 253 g/mol. The van der Waals surface area contributed by atoms with Crippen LogP contribution < -0.4 is 10.1 Å². The quantitative estimate of drug-likeness (QED) is 0.743. The summed E-state index contributed by atoms with van der Waals surface area (Å²) >= 11 is 0. The van der Waals surface area contributed by atoms with Crippen molar-refractivity contribution in [1.29, 1.82) is 0 Å². The lowest BCUT2D eigenvalue weighted by atomic mass is 10.2. The summed E-state index contributed by atoms with van der Waals surface area (Å²) < 4.78 is 18.9. The van der Waals surface area contributed by atoms with Gasteiger partial charge in [0.25, 0.3) is 0 Å². The lowest BCUT2D eigenvalue weighted by molar-refractivity contribution is 0.306. The lowest BCUT2D eigenvalue weighted by Crippen LogP contribution is -2.04. The maximum atomic E-state index is 13.1. The van der Waals surface area contributed by atoms with Crippen molar-refractivity contribution in [2.75, 3.05) is 11.9 Å². The SMILES string of the molecule is CCCCOc1ccccc1CNc1cccc(F)c1. The van der Waals surface area contributed by atoms with Crippen LogP contribution in [0.4, 0.5) is 10.1 Å². The summed E-state index contributed by atoms with van der Waals surface area (Å²) in [7, 11) is 0. The van der Waals surface area contributed by atoms with E-state index in [4.69, 9.17) is 4.74 Å². The predicted octanol–water partition coefficient (Wildman–Crippen LogP) is 4.62. The molecule has 0 amide bonds. The van der Waals surface area contributed by atoms with Crippen molar-refractivity contribution < 1.29 is 9.13 Å². The summed E-state index contributed by atoms with van der Waals surface area (Å²) in [6.07, 6.45) is 2.16. The van der Waals surface area contributed by atoms with E-state index >= 15 is 0 Å². The fraction of sp³-hybridized carbons (Fsp3) is 0.294. The molecule has 0 heterocycles. The van der Waals surface area contributed by atoms with Gasteiger partial charge in [-0.25, -0.2) is 4.39 Å². The van der Waals surface area contributed by atoms with E-state index in [0.29, 0.717) is 6.54 Å². The van der Waals surface area contributed by atoms with Crippen LogP contribution in [-0.2, 0) is 6.54 Å². The molecule has 20 heavy (non-hydrogen) atoms. The van der Waals surface area contributed by atoms with Gasteiger partial charge in [-0.05, 0) is 30.7 Å². The number of unbranched alkanes of at least 4 members (excludes halogenated alkanes) is 1. The van der Waals surface area contributed by atoms with Crippen molar-refractivity contribution in [3.8, 4) is 5.75 Å². The van der Waals surface area contributed by atoms with Crippen molar-refractivity contribution in [1.82, 2.24) is 0 Å². The molecule has 0 bridgehead atoms. The molecule has 0 aliphatic carbocycles. The minimum absolute atomic E-state index is 0.234. The van der Waals surface area contributed by atoms with Gasteiger partial charge in [0.15, 0.2) is 0 Å². The van der Waals surface area contributed by atoms with E-state index < -0.39 is 0 Å². The second kappa shape index (κ2) is 7.53. The van der Waals surface area contributed by atoms with Gasteiger partial charge in [0, 0.05) is 17.8 Å². The molecule has 2 aromatic rings. The molecule has 0 unspecified atom stereocenters. The number of nitrogens with one attached hydrogen (secondary N) is 1. The predicted molar refractivity (Wildman–Crippen MR) is 80.6 cm³/mol. The summed E-state index contributed by atoms with van der Waals surface area (Å²) in [5.41, 5.74) is 1.85. The third kappa shape index (κ3) is 4.26. The van der Waals surface area contributed by atoms with E-state index in [9.17, 15) is 4.39 Å². The second-order valence-electron chi connectivity index (χ2n) is 4.67. The zero-order valence-corrected chi connectivity index (χ0v) is 11.7. The highest BCUT2D eigenvalue weighted by Crippen LogP contribution is 2.20. The molecule has 2 nitrogen and oxygen atoms in total. The van der Waals surface area contributed by atoms with Crippen molar-refractivity contribution >= 4 is 5.69 Å². The van der Waals surface area contributed by atoms with Crippen LogP contribution in [0.3, 0.4) is 0 Å². The van der Waals surface area contributed by atoms with Crippen LogP contribution in [0.5, 0.6) is 5.75 Å². The monoisotopic (exact) mass is 273 g/mol. The molecule has 0 fully saturated rings. The first kappa shape index (κ1) is 14.4. The van der Waals surface area contributed by atoms with E-state index in [1.807, 2.05) is 30.3 Å². The number of halogens is 1. The molecule has 3 heteroatoms. The summed E-state index contributed by atoms with van der Waals surface area (Å²) in [5, 5.41) is 3.21. The smallest absolute Gasteiger partial charge is 0.125 e. The summed E-state index contributed by atoms with van der Waals surface area (Å²) in [4.78, 5) is 0. The first-order valence-electron chi connectivity index (χ1n) is 6.99. The topological polar surface area (TPSA) is 21.3 Å². The van der Waals surface area contributed by atoms with Gasteiger partial charge in [-0.3, -0.25) is 0 Å². The Morgan fingerprint density at radius 2 is 1.95 bits per heavy atom. The number of hydrogen-bond donors (Lipinski definition) is 1. The Balaban J connectivity index is 1.98. The van der Waals surface area contributed by atoms with Gasteiger partial charge in [0.2, 0.25) is 0 Å². The number of para-hydroxylation sites is 1. The van der Waals surface area contributed by atoms with Crippen LogP contribution >= 0.6 is 0 Å². The molecule has 2 rings (SSSR count). The van der Waals surface area contributed by atoms with Crippen molar-refractivity contribution in [2.24, 2.45) is 0 Å². The zero-order chi connectivity index (χ0) is 14.2. The van der Waals surface area contributed by atoms with Crippen LogP contribution in [0.25, 0.3) is 0 Å². The number of anilines is 1. The number of hydrogen-bond acceptors (Lipinski definition) is 2. The maximum Gasteiger partial charge on any atom is 0.125 e. The van der Waals surface area contributed by atoms with Crippen molar-refractivity contribution in [3.63, 3.8) is 0 Å². The molecular formula is C17H20FNO. The van der Waals surface area contributed by atoms with E-state index in [1.54, 1.807) is 6.07 Å². The van der Waals surface area contributed by atoms with Crippen LogP contribution in [0.15, 0.2) is 48.5 Å². The Morgan fingerprint density at radius 3 is 2.75 bits per heavy atom. The molecule has 0 aliphatic rings. The van der Waals surface area contributed by atoms with E-state index in [0.717, 1.165) is 36.4 Å².